The van der Waals surface area contributed by atoms with E-state index in [2.05, 4.69) is 10.3 Å². The second-order valence-corrected chi connectivity index (χ2v) is 7.65. The molecule has 1 aliphatic heterocycles. The molecule has 6 nitrogen and oxygen atoms in total. The fourth-order valence-electron chi connectivity index (χ4n) is 3.95. The molecule has 0 spiro atoms. The zero-order valence-corrected chi connectivity index (χ0v) is 17.0. The van der Waals surface area contributed by atoms with Crippen LogP contribution < -0.4 is 10.2 Å². The highest BCUT2D eigenvalue weighted by Gasteiger charge is 2.19. The number of benzene rings is 3. The molecular weight excluding hydrogens is 388 g/mol. The summed E-state index contributed by atoms with van der Waals surface area (Å²) in [6.07, 6.45) is 4.35. The molecule has 1 aliphatic rings. The summed E-state index contributed by atoms with van der Waals surface area (Å²) in [5.41, 5.74) is 5.06. The van der Waals surface area contributed by atoms with E-state index in [0.717, 1.165) is 41.8 Å². The average molecular weight is 410 g/mol. The van der Waals surface area contributed by atoms with E-state index in [0.29, 0.717) is 17.7 Å². The van der Waals surface area contributed by atoms with E-state index in [9.17, 15) is 9.59 Å². The summed E-state index contributed by atoms with van der Waals surface area (Å²) in [5.74, 6) is -0.0356. The number of para-hydroxylation sites is 2. The average Bonchev–Trinajstić information content (AvgIpc) is 3.24. The van der Waals surface area contributed by atoms with Gasteiger partial charge in [-0.3, -0.25) is 14.2 Å². The van der Waals surface area contributed by atoms with Crippen LogP contribution in [0.25, 0.3) is 16.7 Å². The lowest BCUT2D eigenvalue weighted by Gasteiger charge is -2.26. The summed E-state index contributed by atoms with van der Waals surface area (Å²) in [7, 11) is 0. The first-order chi connectivity index (χ1) is 15.2. The van der Waals surface area contributed by atoms with E-state index in [1.54, 1.807) is 23.4 Å². The number of nitrogens with zero attached hydrogens (tertiary/aromatic N) is 3. The molecule has 5 rings (SSSR count). The van der Waals surface area contributed by atoms with Gasteiger partial charge in [0.05, 0.1) is 11.0 Å². The van der Waals surface area contributed by atoms with Gasteiger partial charge in [-0.25, -0.2) is 4.98 Å². The van der Waals surface area contributed by atoms with Crippen molar-refractivity contribution >= 4 is 34.2 Å². The second-order valence-electron chi connectivity index (χ2n) is 7.65. The Morgan fingerprint density at radius 2 is 1.61 bits per heavy atom. The fourth-order valence-corrected chi connectivity index (χ4v) is 3.95. The van der Waals surface area contributed by atoms with E-state index in [4.69, 9.17) is 0 Å². The van der Waals surface area contributed by atoms with Crippen LogP contribution in [0.4, 0.5) is 11.4 Å². The Labute approximate surface area is 180 Å². The van der Waals surface area contributed by atoms with Crippen LogP contribution in [0.15, 0.2) is 79.1 Å². The summed E-state index contributed by atoms with van der Waals surface area (Å²) in [6, 6.07) is 22.8. The maximum Gasteiger partial charge on any atom is 0.255 e. The number of imidazole rings is 1. The van der Waals surface area contributed by atoms with Crippen molar-refractivity contribution in [2.75, 3.05) is 16.8 Å². The molecule has 1 saturated heterocycles. The lowest BCUT2D eigenvalue weighted by molar-refractivity contribution is -0.119. The Morgan fingerprint density at radius 1 is 0.871 bits per heavy atom. The van der Waals surface area contributed by atoms with E-state index in [1.807, 2.05) is 65.2 Å². The van der Waals surface area contributed by atoms with Crippen molar-refractivity contribution in [3.63, 3.8) is 0 Å². The first-order valence-corrected chi connectivity index (χ1v) is 10.4. The lowest BCUT2D eigenvalue weighted by atomic mass is 10.1. The third-order valence-corrected chi connectivity index (χ3v) is 5.62. The maximum atomic E-state index is 12.6. The standard InChI is InChI=1S/C25H22N4O2/c30-24-7-3-4-16-28(24)20-12-8-18(9-13-20)25(31)27-19-10-14-21(15-11-19)29-17-26-22-5-1-2-6-23(22)29/h1-2,5-6,8-15,17H,3-4,7,16H2,(H,27,31). The molecule has 2 heterocycles. The molecule has 1 aromatic heterocycles. The predicted octanol–water partition coefficient (Wildman–Crippen LogP) is 4.79. The van der Waals surface area contributed by atoms with Gasteiger partial charge in [0.1, 0.15) is 6.33 Å². The van der Waals surface area contributed by atoms with Crippen LogP contribution in [-0.4, -0.2) is 27.9 Å². The highest BCUT2D eigenvalue weighted by atomic mass is 16.2. The van der Waals surface area contributed by atoms with Crippen molar-refractivity contribution in [1.82, 2.24) is 9.55 Å². The molecule has 1 N–H and O–H groups in total. The largest absolute Gasteiger partial charge is 0.322 e. The minimum absolute atomic E-state index is 0.147. The molecule has 0 radical (unpaired) electrons. The lowest BCUT2D eigenvalue weighted by Crippen LogP contribution is -2.35. The molecule has 154 valence electrons. The molecule has 6 heteroatoms. The number of fused-ring (bicyclic) bond motifs is 1. The number of carbonyl (C=O) groups is 2. The van der Waals surface area contributed by atoms with E-state index >= 15 is 0 Å². The molecule has 1 fully saturated rings. The number of hydrogen-bond acceptors (Lipinski definition) is 3. The zero-order valence-electron chi connectivity index (χ0n) is 17.0. The van der Waals surface area contributed by atoms with Crippen molar-refractivity contribution < 1.29 is 9.59 Å². The molecule has 0 saturated carbocycles. The maximum absolute atomic E-state index is 12.6. The zero-order chi connectivity index (χ0) is 21.2. The van der Waals surface area contributed by atoms with E-state index < -0.39 is 0 Å². The molecule has 31 heavy (non-hydrogen) atoms. The number of anilines is 2. The van der Waals surface area contributed by atoms with Crippen LogP contribution in [0, 0.1) is 0 Å². The Hall–Kier alpha value is -3.93. The van der Waals surface area contributed by atoms with Gasteiger partial charge in [0.15, 0.2) is 0 Å². The molecule has 0 atom stereocenters. The number of amides is 2. The van der Waals surface area contributed by atoms with Crippen LogP contribution in [0.5, 0.6) is 0 Å². The summed E-state index contributed by atoms with van der Waals surface area (Å²) < 4.78 is 2.02. The van der Waals surface area contributed by atoms with Crippen LogP contribution >= 0.6 is 0 Å². The predicted molar refractivity (Wildman–Crippen MR) is 122 cm³/mol. The van der Waals surface area contributed by atoms with Gasteiger partial charge in [-0.05, 0) is 73.5 Å². The van der Waals surface area contributed by atoms with Gasteiger partial charge >= 0.3 is 0 Å². The van der Waals surface area contributed by atoms with E-state index in [-0.39, 0.29) is 11.8 Å². The van der Waals surface area contributed by atoms with Gasteiger partial charge in [0.25, 0.3) is 5.91 Å². The number of rotatable bonds is 4. The second kappa shape index (κ2) is 8.07. The Morgan fingerprint density at radius 3 is 2.39 bits per heavy atom. The molecule has 0 bridgehead atoms. The summed E-state index contributed by atoms with van der Waals surface area (Å²) in [6.45, 7) is 0.739. The van der Waals surface area contributed by atoms with E-state index in [1.165, 1.54) is 0 Å². The quantitative estimate of drug-likeness (QED) is 0.526. The van der Waals surface area contributed by atoms with Crippen molar-refractivity contribution in [2.45, 2.75) is 19.3 Å². The Bertz CT molecular complexity index is 1240. The first kappa shape index (κ1) is 19.1. The van der Waals surface area contributed by atoms with Crippen molar-refractivity contribution in [1.29, 1.82) is 0 Å². The van der Waals surface area contributed by atoms with Crippen molar-refractivity contribution in [3.05, 3.63) is 84.7 Å². The van der Waals surface area contributed by atoms with Gasteiger partial charge in [-0.2, -0.15) is 0 Å². The normalized spacial score (nSPS) is 14.1. The van der Waals surface area contributed by atoms with Gasteiger partial charge in [0.2, 0.25) is 5.91 Å². The van der Waals surface area contributed by atoms with Crippen molar-refractivity contribution in [2.24, 2.45) is 0 Å². The molecule has 0 aliphatic carbocycles. The molecule has 3 aromatic carbocycles. The van der Waals surface area contributed by atoms with Gasteiger partial charge in [-0.1, -0.05) is 12.1 Å². The summed E-state index contributed by atoms with van der Waals surface area (Å²) >= 11 is 0. The molecular formula is C25H22N4O2. The summed E-state index contributed by atoms with van der Waals surface area (Å²) in [5, 5.41) is 2.93. The number of nitrogens with one attached hydrogen (secondary N) is 1. The topological polar surface area (TPSA) is 67.2 Å². The molecule has 4 aromatic rings. The molecule has 2 amide bonds. The van der Waals surface area contributed by atoms with Crippen molar-refractivity contribution in [3.8, 4) is 5.69 Å². The van der Waals surface area contributed by atoms with Crippen LogP contribution in [0.3, 0.4) is 0 Å². The first-order valence-electron chi connectivity index (χ1n) is 10.4. The minimum atomic E-state index is -0.183. The van der Waals surface area contributed by atoms with Gasteiger partial charge < -0.3 is 10.2 Å². The number of carbonyl (C=O) groups excluding carboxylic acids is 2. The van der Waals surface area contributed by atoms with Crippen LogP contribution in [0.1, 0.15) is 29.6 Å². The highest BCUT2D eigenvalue weighted by Crippen LogP contribution is 2.23. The third kappa shape index (κ3) is 3.80. The molecule has 0 unspecified atom stereocenters. The smallest absolute Gasteiger partial charge is 0.255 e. The number of aromatic nitrogens is 2. The Kier molecular flexibility index (Phi) is 4.96. The summed E-state index contributed by atoms with van der Waals surface area (Å²) in [4.78, 5) is 30.9. The Balaban J connectivity index is 1.29. The fraction of sp³-hybridized carbons (Fsp3) is 0.160. The number of hydrogen-bond donors (Lipinski definition) is 1. The van der Waals surface area contributed by atoms with Crippen LogP contribution in [0.2, 0.25) is 0 Å². The monoisotopic (exact) mass is 410 g/mol. The highest BCUT2D eigenvalue weighted by molar-refractivity contribution is 6.04. The number of piperidine rings is 1. The minimum Gasteiger partial charge on any atom is -0.322 e. The SMILES string of the molecule is O=C(Nc1ccc(-n2cnc3ccccc32)cc1)c1ccc(N2CCCCC2=O)cc1. The van der Waals surface area contributed by atoms with Gasteiger partial charge in [-0.15, -0.1) is 0 Å². The van der Waals surface area contributed by atoms with Gasteiger partial charge in [0, 0.05) is 35.6 Å². The third-order valence-electron chi connectivity index (χ3n) is 5.62. The van der Waals surface area contributed by atoms with Crippen LogP contribution in [-0.2, 0) is 4.79 Å².